The van der Waals surface area contributed by atoms with Crippen molar-refractivity contribution in [2.75, 3.05) is 16.5 Å². The van der Waals surface area contributed by atoms with Crippen molar-refractivity contribution >= 4 is 35.1 Å². The Labute approximate surface area is 214 Å². The van der Waals surface area contributed by atoms with Crippen LogP contribution in [-0.2, 0) is 39.9 Å². The Morgan fingerprint density at radius 2 is 1.03 bits per heavy atom. The summed E-state index contributed by atoms with van der Waals surface area (Å²) in [6.07, 6.45) is 0.0883. The fourth-order valence-electron chi connectivity index (χ4n) is 6.37. The first-order valence-electron chi connectivity index (χ1n) is 12.1. The van der Waals surface area contributed by atoms with Crippen LogP contribution in [0.2, 0.25) is 0 Å². The molecule has 0 bridgehead atoms. The van der Waals surface area contributed by atoms with E-state index in [1.165, 1.54) is 9.80 Å². The summed E-state index contributed by atoms with van der Waals surface area (Å²) in [6, 6.07) is 7.59. The molecule has 6 rings (SSSR count). The van der Waals surface area contributed by atoms with Crippen LogP contribution in [0.15, 0.2) is 48.6 Å². The van der Waals surface area contributed by atoms with Crippen molar-refractivity contribution in [3.8, 4) is 0 Å². The maximum absolute atomic E-state index is 14.1. The number of ether oxygens (including phenoxy) is 2. The Bertz CT molecular complexity index is 1390. The van der Waals surface area contributed by atoms with Gasteiger partial charge in [0.05, 0.1) is 11.4 Å². The van der Waals surface area contributed by atoms with E-state index >= 15 is 0 Å². The lowest BCUT2D eigenvalue weighted by Gasteiger charge is -2.29. The van der Waals surface area contributed by atoms with Crippen molar-refractivity contribution in [2.45, 2.75) is 51.7 Å². The van der Waals surface area contributed by atoms with Gasteiger partial charge in [-0.15, -0.1) is 0 Å². The molecule has 0 aliphatic carbocycles. The minimum absolute atomic E-state index is 0.0442. The molecule has 2 atom stereocenters. The molecule has 188 valence electrons. The first-order chi connectivity index (χ1) is 17.4. The van der Waals surface area contributed by atoms with Gasteiger partial charge < -0.3 is 9.47 Å². The Morgan fingerprint density at radius 1 is 0.676 bits per heavy atom. The molecular weight excluding hydrogens is 472 g/mol. The maximum Gasteiger partial charge on any atom is 0.335 e. The third kappa shape index (κ3) is 2.72. The van der Waals surface area contributed by atoms with Gasteiger partial charge in [0.2, 0.25) is 11.2 Å². The van der Waals surface area contributed by atoms with Gasteiger partial charge in [0.25, 0.3) is 11.8 Å². The molecule has 2 aromatic carbocycles. The van der Waals surface area contributed by atoms with Gasteiger partial charge in [-0.1, -0.05) is 37.4 Å². The predicted molar refractivity (Wildman–Crippen MR) is 135 cm³/mol. The summed E-state index contributed by atoms with van der Waals surface area (Å²) in [7, 11) is 0. The van der Waals surface area contributed by atoms with E-state index in [9.17, 15) is 19.2 Å². The lowest BCUT2D eigenvalue weighted by molar-refractivity contribution is -0.156. The predicted octanol–water partition coefficient (Wildman–Crippen LogP) is 3.67. The summed E-state index contributed by atoms with van der Waals surface area (Å²) >= 11 is 0. The summed E-state index contributed by atoms with van der Waals surface area (Å²) in [6.45, 7) is 15.0. The third-order valence-corrected chi connectivity index (χ3v) is 8.02. The summed E-state index contributed by atoms with van der Waals surface area (Å²) < 4.78 is 11.5. The summed E-state index contributed by atoms with van der Waals surface area (Å²) in [5.74, 6) is -2.07. The number of anilines is 2. The number of carbonyl (C=O) groups is 4. The summed E-state index contributed by atoms with van der Waals surface area (Å²) in [4.78, 5) is 56.2. The largest absolute Gasteiger partial charge is 0.440 e. The standard InChI is InChI=1S/C29H26N2O6/c1-14-7-9-16(3)22-20(14)28(11-18(5)24(32)36-28)26(34)30(22)13-31-23-17(4)10-8-15(2)21(23)29(27(31)35)12-19(6)25(33)37-29/h7-10H,5-6,11-13H2,1-4H3. The average molecular weight is 499 g/mol. The molecule has 4 heterocycles. The zero-order chi connectivity index (χ0) is 26.6. The number of hydrogen-bond acceptors (Lipinski definition) is 6. The number of nitrogens with zero attached hydrogens (tertiary/aromatic N) is 2. The van der Waals surface area contributed by atoms with Crippen molar-refractivity contribution in [3.05, 3.63) is 82.0 Å². The minimum atomic E-state index is -1.52. The molecule has 2 amide bonds. The van der Waals surface area contributed by atoms with Gasteiger partial charge in [-0.2, -0.15) is 0 Å². The second-order valence-electron chi connectivity index (χ2n) is 10.4. The van der Waals surface area contributed by atoms with E-state index in [1.54, 1.807) is 0 Å². The van der Waals surface area contributed by atoms with Gasteiger partial charge in [0.1, 0.15) is 6.67 Å². The van der Waals surface area contributed by atoms with Crippen molar-refractivity contribution in [2.24, 2.45) is 0 Å². The quantitative estimate of drug-likeness (QED) is 0.463. The number of amides is 2. The smallest absolute Gasteiger partial charge is 0.335 e. The van der Waals surface area contributed by atoms with Crippen molar-refractivity contribution in [1.82, 2.24) is 0 Å². The van der Waals surface area contributed by atoms with E-state index in [4.69, 9.17) is 9.47 Å². The average Bonchev–Trinajstić information content (AvgIpc) is 3.47. The highest BCUT2D eigenvalue weighted by atomic mass is 16.6. The van der Waals surface area contributed by atoms with Crippen molar-refractivity contribution < 1.29 is 28.7 Å². The van der Waals surface area contributed by atoms with Gasteiger partial charge in [-0.05, 0) is 49.9 Å². The molecule has 4 aliphatic rings. The van der Waals surface area contributed by atoms with Crippen LogP contribution in [0.25, 0.3) is 0 Å². The van der Waals surface area contributed by atoms with Gasteiger partial charge in [0, 0.05) is 35.1 Å². The highest BCUT2D eigenvalue weighted by Gasteiger charge is 2.63. The molecule has 2 fully saturated rings. The number of fused-ring (bicyclic) bond motifs is 4. The van der Waals surface area contributed by atoms with Gasteiger partial charge in [-0.25, -0.2) is 9.59 Å². The molecule has 4 aliphatic heterocycles. The monoisotopic (exact) mass is 498 g/mol. The van der Waals surface area contributed by atoms with E-state index < -0.39 is 35.0 Å². The minimum Gasteiger partial charge on any atom is -0.440 e. The number of aryl methyl sites for hydroxylation is 4. The normalized spacial score (nSPS) is 26.1. The van der Waals surface area contributed by atoms with E-state index in [0.29, 0.717) is 22.5 Å². The zero-order valence-electron chi connectivity index (χ0n) is 21.2. The number of esters is 2. The first kappa shape index (κ1) is 23.2. The molecule has 2 unspecified atom stereocenters. The molecular formula is C29H26N2O6. The molecule has 2 saturated heterocycles. The van der Waals surface area contributed by atoms with Crippen molar-refractivity contribution in [3.63, 3.8) is 0 Å². The summed E-state index contributed by atoms with van der Waals surface area (Å²) in [5, 5.41) is 0. The third-order valence-electron chi connectivity index (χ3n) is 8.02. The van der Waals surface area contributed by atoms with Crippen LogP contribution >= 0.6 is 0 Å². The molecule has 2 spiro atoms. The van der Waals surface area contributed by atoms with Crippen LogP contribution < -0.4 is 9.80 Å². The Kier molecular flexibility index (Phi) is 4.51. The Balaban J connectivity index is 1.52. The van der Waals surface area contributed by atoms with Gasteiger partial charge in [-0.3, -0.25) is 19.4 Å². The van der Waals surface area contributed by atoms with Crippen molar-refractivity contribution in [1.29, 1.82) is 0 Å². The molecule has 0 radical (unpaired) electrons. The van der Waals surface area contributed by atoms with E-state index in [1.807, 2.05) is 52.0 Å². The SMILES string of the molecule is C=C1CC2(OC1=O)C(=O)N(CN1C(=O)C3(CC(=C)C(=O)O3)c3c(C)ccc(C)c31)c1c(C)ccc(C)c12. The molecule has 0 aromatic heterocycles. The Hall–Kier alpha value is -4.20. The lowest BCUT2D eigenvalue weighted by Crippen LogP contribution is -2.49. The van der Waals surface area contributed by atoms with Crippen LogP contribution in [0.1, 0.15) is 46.2 Å². The van der Waals surface area contributed by atoms with Crippen LogP contribution in [0.3, 0.4) is 0 Å². The fourth-order valence-corrected chi connectivity index (χ4v) is 6.37. The highest BCUT2D eigenvalue weighted by molar-refractivity contribution is 6.16. The molecule has 8 nitrogen and oxygen atoms in total. The van der Waals surface area contributed by atoms with E-state index in [2.05, 4.69) is 13.2 Å². The van der Waals surface area contributed by atoms with E-state index in [-0.39, 0.29) is 30.7 Å². The van der Waals surface area contributed by atoms with Crippen LogP contribution in [-0.4, -0.2) is 30.4 Å². The topological polar surface area (TPSA) is 93.2 Å². The van der Waals surface area contributed by atoms with E-state index in [0.717, 1.165) is 22.3 Å². The van der Waals surface area contributed by atoms with Crippen LogP contribution in [0, 0.1) is 27.7 Å². The number of rotatable bonds is 2. The van der Waals surface area contributed by atoms with Crippen LogP contribution in [0.5, 0.6) is 0 Å². The maximum atomic E-state index is 14.1. The second-order valence-corrected chi connectivity index (χ2v) is 10.4. The number of carbonyl (C=O) groups excluding carboxylic acids is 4. The first-order valence-corrected chi connectivity index (χ1v) is 12.1. The Morgan fingerprint density at radius 3 is 1.35 bits per heavy atom. The second kappa shape index (κ2) is 7.18. The van der Waals surface area contributed by atoms with Crippen LogP contribution in [0.4, 0.5) is 11.4 Å². The highest BCUT2D eigenvalue weighted by Crippen LogP contribution is 2.55. The molecule has 8 heteroatoms. The van der Waals surface area contributed by atoms with Gasteiger partial charge >= 0.3 is 11.9 Å². The molecule has 37 heavy (non-hydrogen) atoms. The molecule has 2 aromatic rings. The lowest BCUT2D eigenvalue weighted by atomic mass is 9.87. The van der Waals surface area contributed by atoms with Gasteiger partial charge in [0.15, 0.2) is 0 Å². The fraction of sp³-hybridized carbons (Fsp3) is 0.310. The summed E-state index contributed by atoms with van der Waals surface area (Å²) in [5.41, 5.74) is 3.11. The zero-order valence-corrected chi connectivity index (χ0v) is 21.2. The molecule has 0 saturated carbocycles. The number of hydrogen-bond donors (Lipinski definition) is 0. The molecule has 0 N–H and O–H groups in total. The number of benzene rings is 2.